The van der Waals surface area contributed by atoms with Gasteiger partial charge in [0.15, 0.2) is 0 Å². The van der Waals surface area contributed by atoms with E-state index < -0.39 is 0 Å². The van der Waals surface area contributed by atoms with Crippen LogP contribution in [0.2, 0.25) is 0 Å². The smallest absolute Gasteiger partial charge is 0.131 e. The summed E-state index contributed by atoms with van der Waals surface area (Å²) in [4.78, 5) is 2.33. The lowest BCUT2D eigenvalue weighted by molar-refractivity contribution is 0.177. The molecule has 1 unspecified atom stereocenters. The minimum atomic E-state index is -0.171. The Labute approximate surface area is 116 Å². The summed E-state index contributed by atoms with van der Waals surface area (Å²) in [5.74, 6) is 1.10. The zero-order valence-corrected chi connectivity index (χ0v) is 12.2. The quantitative estimate of drug-likeness (QED) is 0.789. The number of methoxy groups -OCH3 is 1. The minimum Gasteiger partial charge on any atom is -0.497 e. The normalized spacial score (nSPS) is 20.9. The average molecular weight is 316 g/mol. The number of ether oxygens (including phenoxy) is 1. The van der Waals surface area contributed by atoms with Gasteiger partial charge in [-0.3, -0.25) is 4.90 Å². The third-order valence-corrected chi connectivity index (χ3v) is 4.39. The number of rotatable bonds is 4. The van der Waals surface area contributed by atoms with Gasteiger partial charge in [-0.05, 0) is 31.4 Å². The molecule has 1 aromatic carbocycles. The standard InChI is InChI=1S/C14H19BrFNO/c1-18-13-5-4-12(14(16)7-13)10-17-6-2-3-11(8-15)9-17/h4-5,7,11H,2-3,6,8-10H2,1H3. The summed E-state index contributed by atoms with van der Waals surface area (Å²) in [6, 6.07) is 5.11. The summed E-state index contributed by atoms with van der Waals surface area (Å²) in [7, 11) is 1.56. The van der Waals surface area contributed by atoms with Crippen LogP contribution in [0.3, 0.4) is 0 Å². The van der Waals surface area contributed by atoms with Crippen LogP contribution in [0.15, 0.2) is 18.2 Å². The number of likely N-dealkylation sites (tertiary alicyclic amines) is 1. The number of hydrogen-bond acceptors (Lipinski definition) is 2. The van der Waals surface area contributed by atoms with E-state index in [9.17, 15) is 4.39 Å². The number of halogens is 2. The zero-order chi connectivity index (χ0) is 13.0. The van der Waals surface area contributed by atoms with E-state index >= 15 is 0 Å². The van der Waals surface area contributed by atoms with E-state index in [4.69, 9.17) is 4.74 Å². The van der Waals surface area contributed by atoms with Crippen molar-refractivity contribution < 1.29 is 9.13 Å². The number of nitrogens with zero attached hydrogens (tertiary/aromatic N) is 1. The Morgan fingerprint density at radius 3 is 3.00 bits per heavy atom. The van der Waals surface area contributed by atoms with Crippen molar-refractivity contribution in [1.82, 2.24) is 4.90 Å². The van der Waals surface area contributed by atoms with Gasteiger partial charge in [-0.1, -0.05) is 22.0 Å². The molecule has 0 N–H and O–H groups in total. The van der Waals surface area contributed by atoms with E-state index in [0.29, 0.717) is 18.2 Å². The van der Waals surface area contributed by atoms with Crippen molar-refractivity contribution in [3.8, 4) is 5.75 Å². The van der Waals surface area contributed by atoms with Crippen LogP contribution in [-0.2, 0) is 6.54 Å². The van der Waals surface area contributed by atoms with Crippen LogP contribution in [-0.4, -0.2) is 30.4 Å². The van der Waals surface area contributed by atoms with Crippen LogP contribution in [0.1, 0.15) is 18.4 Å². The van der Waals surface area contributed by atoms with Crippen LogP contribution in [0.5, 0.6) is 5.75 Å². The van der Waals surface area contributed by atoms with Gasteiger partial charge in [-0.15, -0.1) is 0 Å². The molecule has 2 rings (SSSR count). The number of benzene rings is 1. The van der Waals surface area contributed by atoms with E-state index in [1.165, 1.54) is 18.9 Å². The highest BCUT2D eigenvalue weighted by Crippen LogP contribution is 2.22. The Kier molecular flexibility index (Phi) is 5.01. The van der Waals surface area contributed by atoms with Crippen LogP contribution in [0, 0.1) is 11.7 Å². The van der Waals surface area contributed by atoms with Gasteiger partial charge >= 0.3 is 0 Å². The number of hydrogen-bond donors (Lipinski definition) is 0. The molecule has 100 valence electrons. The lowest BCUT2D eigenvalue weighted by Crippen LogP contribution is -2.35. The van der Waals surface area contributed by atoms with E-state index in [-0.39, 0.29) is 5.82 Å². The minimum absolute atomic E-state index is 0.171. The van der Waals surface area contributed by atoms with Crippen LogP contribution in [0.4, 0.5) is 4.39 Å². The number of alkyl halides is 1. The molecule has 1 aromatic rings. The molecule has 1 aliphatic rings. The van der Waals surface area contributed by atoms with Gasteiger partial charge in [0.25, 0.3) is 0 Å². The van der Waals surface area contributed by atoms with Gasteiger partial charge in [-0.2, -0.15) is 0 Å². The molecular weight excluding hydrogens is 297 g/mol. The fourth-order valence-corrected chi connectivity index (χ4v) is 2.97. The van der Waals surface area contributed by atoms with Gasteiger partial charge in [0.05, 0.1) is 7.11 Å². The van der Waals surface area contributed by atoms with E-state index in [1.807, 2.05) is 12.1 Å². The SMILES string of the molecule is COc1ccc(CN2CCCC(CBr)C2)c(F)c1. The van der Waals surface area contributed by atoms with Gasteiger partial charge in [0.1, 0.15) is 11.6 Å². The summed E-state index contributed by atoms with van der Waals surface area (Å²) >= 11 is 3.54. The molecule has 0 radical (unpaired) electrons. The van der Waals surface area contributed by atoms with Gasteiger partial charge in [-0.25, -0.2) is 4.39 Å². The van der Waals surface area contributed by atoms with Gasteiger partial charge < -0.3 is 4.74 Å². The average Bonchev–Trinajstić information content (AvgIpc) is 2.41. The maximum atomic E-state index is 13.9. The number of piperidine rings is 1. The molecule has 0 spiro atoms. The summed E-state index contributed by atoms with van der Waals surface area (Å²) in [5.41, 5.74) is 0.756. The van der Waals surface area contributed by atoms with Crippen molar-refractivity contribution in [2.75, 3.05) is 25.5 Å². The molecule has 2 nitrogen and oxygen atoms in total. The topological polar surface area (TPSA) is 12.5 Å². The first-order valence-electron chi connectivity index (χ1n) is 6.33. The second kappa shape index (κ2) is 6.53. The van der Waals surface area contributed by atoms with Crippen molar-refractivity contribution in [1.29, 1.82) is 0 Å². The molecule has 0 saturated carbocycles. The van der Waals surface area contributed by atoms with Gasteiger partial charge in [0, 0.05) is 30.0 Å². The maximum Gasteiger partial charge on any atom is 0.131 e. The van der Waals surface area contributed by atoms with Crippen LogP contribution >= 0.6 is 15.9 Å². The Hall–Kier alpha value is -0.610. The van der Waals surface area contributed by atoms with Gasteiger partial charge in [0.2, 0.25) is 0 Å². The molecule has 1 fully saturated rings. The predicted octanol–water partition coefficient (Wildman–Crippen LogP) is 3.44. The highest BCUT2D eigenvalue weighted by Gasteiger charge is 2.19. The molecule has 0 aromatic heterocycles. The third-order valence-electron chi connectivity index (χ3n) is 3.48. The predicted molar refractivity (Wildman–Crippen MR) is 74.7 cm³/mol. The van der Waals surface area contributed by atoms with Crippen LogP contribution < -0.4 is 4.74 Å². The molecular formula is C14H19BrFNO. The largest absolute Gasteiger partial charge is 0.497 e. The first kappa shape index (κ1) is 13.8. The molecule has 1 aliphatic heterocycles. The molecule has 18 heavy (non-hydrogen) atoms. The lowest BCUT2D eigenvalue weighted by atomic mass is 9.99. The monoisotopic (exact) mass is 315 g/mol. The molecule has 1 heterocycles. The zero-order valence-electron chi connectivity index (χ0n) is 10.7. The molecule has 1 atom stereocenters. The first-order valence-corrected chi connectivity index (χ1v) is 7.46. The van der Waals surface area contributed by atoms with E-state index in [1.54, 1.807) is 7.11 Å². The molecule has 0 aliphatic carbocycles. The third kappa shape index (κ3) is 3.45. The Morgan fingerprint density at radius 1 is 1.50 bits per heavy atom. The van der Waals surface area contributed by atoms with E-state index in [0.717, 1.165) is 24.0 Å². The Bertz CT molecular complexity index is 399. The second-order valence-corrected chi connectivity index (χ2v) is 5.50. The van der Waals surface area contributed by atoms with Crippen molar-refractivity contribution >= 4 is 15.9 Å². The molecule has 0 amide bonds. The maximum absolute atomic E-state index is 13.9. The fourth-order valence-electron chi connectivity index (χ4n) is 2.44. The van der Waals surface area contributed by atoms with Crippen molar-refractivity contribution in [2.45, 2.75) is 19.4 Å². The lowest BCUT2D eigenvalue weighted by Gasteiger charge is -2.31. The van der Waals surface area contributed by atoms with Crippen LogP contribution in [0.25, 0.3) is 0 Å². The summed E-state index contributed by atoms with van der Waals surface area (Å²) in [5, 5.41) is 1.04. The highest BCUT2D eigenvalue weighted by molar-refractivity contribution is 9.09. The van der Waals surface area contributed by atoms with Crippen molar-refractivity contribution in [2.24, 2.45) is 5.92 Å². The van der Waals surface area contributed by atoms with Crippen molar-refractivity contribution in [3.05, 3.63) is 29.6 Å². The molecule has 4 heteroatoms. The van der Waals surface area contributed by atoms with E-state index in [2.05, 4.69) is 20.8 Å². The molecule has 0 bridgehead atoms. The first-order chi connectivity index (χ1) is 8.72. The van der Waals surface area contributed by atoms with Crippen molar-refractivity contribution in [3.63, 3.8) is 0 Å². The second-order valence-electron chi connectivity index (χ2n) is 4.86. The summed E-state index contributed by atoms with van der Waals surface area (Å²) in [6.45, 7) is 2.81. The Morgan fingerprint density at radius 2 is 2.33 bits per heavy atom. The molecule has 1 saturated heterocycles. The summed E-state index contributed by atoms with van der Waals surface area (Å²) in [6.07, 6.45) is 2.47. The summed E-state index contributed by atoms with van der Waals surface area (Å²) < 4.78 is 18.9. The Balaban J connectivity index is 2.00. The fraction of sp³-hybridized carbons (Fsp3) is 0.571. The highest BCUT2D eigenvalue weighted by atomic mass is 79.9.